The Hall–Kier alpha value is -0.830. The molecule has 0 saturated heterocycles. The average molecular weight is 277 g/mol. The van der Waals surface area contributed by atoms with Gasteiger partial charge in [0.1, 0.15) is 5.82 Å². The number of aromatic nitrogens is 2. The van der Waals surface area contributed by atoms with Gasteiger partial charge in [-0.2, -0.15) is 0 Å². The molecule has 1 heterocycles. The lowest BCUT2D eigenvalue weighted by molar-refractivity contribution is 0.169. The molecule has 1 aromatic rings. The van der Waals surface area contributed by atoms with Gasteiger partial charge in [-0.25, -0.2) is 4.98 Å². The summed E-state index contributed by atoms with van der Waals surface area (Å²) in [5.74, 6) is 2.88. The summed E-state index contributed by atoms with van der Waals surface area (Å²) in [4.78, 5) is 4.53. The third-order valence-corrected chi connectivity index (χ3v) is 4.88. The quantitative estimate of drug-likeness (QED) is 0.857. The molecule has 1 aliphatic rings. The van der Waals surface area contributed by atoms with Gasteiger partial charge in [0.15, 0.2) is 0 Å². The molecule has 20 heavy (non-hydrogen) atoms. The highest BCUT2D eigenvalue weighted by atomic mass is 15.1. The first kappa shape index (κ1) is 15.6. The third kappa shape index (κ3) is 3.43. The molecule has 1 saturated carbocycles. The second-order valence-electron chi connectivity index (χ2n) is 6.55. The van der Waals surface area contributed by atoms with E-state index in [1.54, 1.807) is 0 Å². The molecule has 2 rings (SSSR count). The number of nitrogens with one attached hydrogen (secondary N) is 1. The fraction of sp³-hybridized carbons (Fsp3) is 0.824. The molecule has 114 valence electrons. The molecule has 3 atom stereocenters. The Kier molecular flexibility index (Phi) is 5.64. The van der Waals surface area contributed by atoms with Crippen LogP contribution in [0.2, 0.25) is 0 Å². The van der Waals surface area contributed by atoms with Crippen molar-refractivity contribution in [3.05, 3.63) is 18.2 Å². The molecule has 1 fully saturated rings. The highest BCUT2D eigenvalue weighted by Crippen LogP contribution is 2.37. The first-order chi connectivity index (χ1) is 9.67. The highest BCUT2D eigenvalue weighted by Gasteiger charge is 2.33. The minimum atomic E-state index is 0.583. The minimum Gasteiger partial charge on any atom is -0.330 e. The summed E-state index contributed by atoms with van der Waals surface area (Å²) < 4.78 is 2.45. The summed E-state index contributed by atoms with van der Waals surface area (Å²) in [6.45, 7) is 10.3. The maximum atomic E-state index is 4.53. The maximum Gasteiger partial charge on any atom is 0.108 e. The summed E-state index contributed by atoms with van der Waals surface area (Å²) >= 11 is 0. The van der Waals surface area contributed by atoms with Gasteiger partial charge in [-0.1, -0.05) is 27.7 Å². The third-order valence-electron chi connectivity index (χ3n) is 4.88. The van der Waals surface area contributed by atoms with Gasteiger partial charge in [-0.3, -0.25) is 0 Å². The Labute approximate surface area is 124 Å². The molecule has 1 N–H and O–H groups in total. The fourth-order valence-electron chi connectivity index (χ4n) is 3.58. The number of hydrogen-bond donors (Lipinski definition) is 1. The average Bonchev–Trinajstić information content (AvgIpc) is 2.93. The molecular weight excluding hydrogens is 246 g/mol. The van der Waals surface area contributed by atoms with Crippen LogP contribution in [0.15, 0.2) is 12.4 Å². The van der Waals surface area contributed by atoms with Crippen molar-refractivity contribution < 1.29 is 0 Å². The summed E-state index contributed by atoms with van der Waals surface area (Å²) in [6.07, 6.45) is 10.3. The molecule has 0 amide bonds. The largest absolute Gasteiger partial charge is 0.330 e. The van der Waals surface area contributed by atoms with Gasteiger partial charge in [0, 0.05) is 24.9 Å². The van der Waals surface area contributed by atoms with E-state index in [0.717, 1.165) is 24.8 Å². The van der Waals surface area contributed by atoms with Crippen LogP contribution >= 0.6 is 0 Å². The van der Waals surface area contributed by atoms with Gasteiger partial charge >= 0.3 is 0 Å². The van der Waals surface area contributed by atoms with Crippen molar-refractivity contribution >= 4 is 0 Å². The Morgan fingerprint density at radius 3 is 2.80 bits per heavy atom. The Morgan fingerprint density at radius 2 is 2.15 bits per heavy atom. The zero-order chi connectivity index (χ0) is 14.5. The Bertz CT molecular complexity index is 397. The molecule has 3 nitrogen and oxygen atoms in total. The van der Waals surface area contributed by atoms with Gasteiger partial charge in [-0.15, -0.1) is 0 Å². The minimum absolute atomic E-state index is 0.583. The van der Waals surface area contributed by atoms with Crippen LogP contribution in [-0.4, -0.2) is 22.1 Å². The number of nitrogens with zero attached hydrogens (tertiary/aromatic N) is 2. The van der Waals surface area contributed by atoms with E-state index in [0.29, 0.717) is 12.1 Å². The van der Waals surface area contributed by atoms with Crippen LogP contribution in [0.5, 0.6) is 0 Å². The number of imidazole rings is 1. The van der Waals surface area contributed by atoms with Crippen molar-refractivity contribution in [3.63, 3.8) is 0 Å². The van der Waals surface area contributed by atoms with E-state index in [9.17, 15) is 0 Å². The predicted molar refractivity (Wildman–Crippen MR) is 84.9 cm³/mol. The van der Waals surface area contributed by atoms with E-state index >= 15 is 0 Å². The van der Waals surface area contributed by atoms with Crippen LogP contribution in [0.1, 0.15) is 65.2 Å². The lowest BCUT2D eigenvalue weighted by Crippen LogP contribution is -2.43. The molecule has 3 heteroatoms. The second kappa shape index (κ2) is 7.26. The SMILES string of the molecule is CCCNC1CCC(C(C)C)CC1n1ccnc1CC. The van der Waals surface area contributed by atoms with Crippen LogP contribution in [0.4, 0.5) is 0 Å². The van der Waals surface area contributed by atoms with E-state index in [4.69, 9.17) is 0 Å². The lowest BCUT2D eigenvalue weighted by atomic mass is 9.76. The summed E-state index contributed by atoms with van der Waals surface area (Å²) in [5.41, 5.74) is 0. The van der Waals surface area contributed by atoms with Crippen LogP contribution in [-0.2, 0) is 6.42 Å². The number of hydrogen-bond acceptors (Lipinski definition) is 2. The molecule has 0 spiro atoms. The van der Waals surface area contributed by atoms with Gasteiger partial charge in [0.2, 0.25) is 0 Å². The standard InChI is InChI=1S/C17H31N3/c1-5-9-18-15-8-7-14(13(3)4)12-16(15)20-11-10-19-17(20)6-2/h10-11,13-16,18H,5-9,12H2,1-4H3. The maximum absolute atomic E-state index is 4.53. The van der Waals surface area contributed by atoms with Crippen molar-refractivity contribution in [3.8, 4) is 0 Å². The van der Waals surface area contributed by atoms with Crippen molar-refractivity contribution in [2.24, 2.45) is 11.8 Å². The van der Waals surface area contributed by atoms with E-state index in [2.05, 4.69) is 48.8 Å². The van der Waals surface area contributed by atoms with Gasteiger partial charge in [-0.05, 0) is 44.1 Å². The Morgan fingerprint density at radius 1 is 1.35 bits per heavy atom. The summed E-state index contributed by atoms with van der Waals surface area (Å²) in [7, 11) is 0. The smallest absolute Gasteiger partial charge is 0.108 e. The monoisotopic (exact) mass is 277 g/mol. The second-order valence-corrected chi connectivity index (χ2v) is 6.55. The van der Waals surface area contributed by atoms with E-state index in [1.165, 1.54) is 31.5 Å². The zero-order valence-corrected chi connectivity index (χ0v) is 13.6. The molecule has 0 bridgehead atoms. The number of rotatable bonds is 6. The van der Waals surface area contributed by atoms with Crippen LogP contribution in [0.3, 0.4) is 0 Å². The molecule has 1 aliphatic carbocycles. The van der Waals surface area contributed by atoms with Crippen LogP contribution < -0.4 is 5.32 Å². The highest BCUT2D eigenvalue weighted by molar-refractivity contribution is 5.00. The molecule has 0 aliphatic heterocycles. The van der Waals surface area contributed by atoms with Gasteiger partial charge < -0.3 is 9.88 Å². The molecule has 3 unspecified atom stereocenters. The first-order valence-electron chi connectivity index (χ1n) is 8.42. The van der Waals surface area contributed by atoms with Crippen LogP contribution in [0.25, 0.3) is 0 Å². The summed E-state index contributed by atoms with van der Waals surface area (Å²) in [5, 5.41) is 3.77. The number of aryl methyl sites for hydroxylation is 1. The lowest BCUT2D eigenvalue weighted by Gasteiger charge is -2.39. The van der Waals surface area contributed by atoms with E-state index < -0.39 is 0 Å². The van der Waals surface area contributed by atoms with Crippen molar-refractivity contribution in [1.82, 2.24) is 14.9 Å². The van der Waals surface area contributed by atoms with Crippen LogP contribution in [0, 0.1) is 11.8 Å². The normalized spacial score (nSPS) is 27.1. The van der Waals surface area contributed by atoms with Crippen molar-refractivity contribution in [2.75, 3.05) is 6.54 Å². The molecule has 0 aromatic carbocycles. The molecule has 0 radical (unpaired) electrons. The van der Waals surface area contributed by atoms with E-state index in [1.807, 2.05) is 6.20 Å². The topological polar surface area (TPSA) is 29.9 Å². The summed E-state index contributed by atoms with van der Waals surface area (Å²) in [6, 6.07) is 1.20. The predicted octanol–water partition coefficient (Wildman–Crippen LogP) is 3.81. The zero-order valence-electron chi connectivity index (χ0n) is 13.6. The van der Waals surface area contributed by atoms with Gasteiger partial charge in [0.25, 0.3) is 0 Å². The van der Waals surface area contributed by atoms with Crippen molar-refractivity contribution in [1.29, 1.82) is 0 Å². The molecular formula is C17H31N3. The van der Waals surface area contributed by atoms with Crippen molar-refractivity contribution in [2.45, 2.75) is 71.9 Å². The van der Waals surface area contributed by atoms with Gasteiger partial charge in [0.05, 0.1) is 6.04 Å². The molecule has 1 aromatic heterocycles. The fourth-order valence-corrected chi connectivity index (χ4v) is 3.58. The first-order valence-corrected chi connectivity index (χ1v) is 8.42. The Balaban J connectivity index is 2.16. The van der Waals surface area contributed by atoms with E-state index in [-0.39, 0.29) is 0 Å².